The van der Waals surface area contributed by atoms with Gasteiger partial charge in [0.15, 0.2) is 0 Å². The van der Waals surface area contributed by atoms with Gasteiger partial charge in [0.2, 0.25) is 0 Å². The van der Waals surface area contributed by atoms with Crippen molar-refractivity contribution < 1.29 is 9.47 Å². The van der Waals surface area contributed by atoms with Crippen molar-refractivity contribution in [3.05, 3.63) is 34.8 Å². The van der Waals surface area contributed by atoms with Crippen LogP contribution in [-0.2, 0) is 0 Å². The van der Waals surface area contributed by atoms with Crippen LogP contribution in [0.2, 0.25) is 0 Å². The molecule has 0 unspecified atom stereocenters. The van der Waals surface area contributed by atoms with E-state index in [0.29, 0.717) is 0 Å². The molecule has 0 fully saturated rings. The summed E-state index contributed by atoms with van der Waals surface area (Å²) in [6.45, 7) is 3.70. The smallest absolute Gasteiger partial charge is 0.133 e. The number of rotatable bonds is 6. The van der Waals surface area contributed by atoms with Gasteiger partial charge >= 0.3 is 0 Å². The molecule has 0 radical (unpaired) electrons. The average molecular weight is 300 g/mol. The molecule has 0 spiro atoms. The first-order chi connectivity index (χ1) is 8.13. The Labute approximate surface area is 111 Å². The van der Waals surface area contributed by atoms with Crippen LogP contribution in [0.15, 0.2) is 29.3 Å². The van der Waals surface area contributed by atoms with Crippen LogP contribution in [0.25, 0.3) is 0 Å². The number of hydrogen-bond acceptors (Lipinski definition) is 3. The van der Waals surface area contributed by atoms with Gasteiger partial charge in [0.1, 0.15) is 11.5 Å². The predicted octanol–water partition coefficient (Wildman–Crippen LogP) is 3.43. The maximum Gasteiger partial charge on any atom is 0.133 e. The van der Waals surface area contributed by atoms with E-state index in [4.69, 9.17) is 15.2 Å². The van der Waals surface area contributed by atoms with Gasteiger partial charge in [0, 0.05) is 11.6 Å². The van der Waals surface area contributed by atoms with Gasteiger partial charge in [-0.3, -0.25) is 0 Å². The van der Waals surface area contributed by atoms with E-state index < -0.39 is 0 Å². The summed E-state index contributed by atoms with van der Waals surface area (Å²) in [5, 5.41) is 0. The Kier molecular flexibility index (Phi) is 5.51. The number of benzene rings is 1. The van der Waals surface area contributed by atoms with Crippen LogP contribution in [0, 0.1) is 0 Å². The minimum absolute atomic E-state index is 0.0788. The van der Waals surface area contributed by atoms with E-state index in [1.807, 2.05) is 18.2 Å². The van der Waals surface area contributed by atoms with E-state index in [1.54, 1.807) is 14.2 Å². The highest BCUT2D eigenvalue weighted by atomic mass is 79.9. The van der Waals surface area contributed by atoms with E-state index in [9.17, 15) is 0 Å². The number of hydrogen-bond donors (Lipinski definition) is 1. The van der Waals surface area contributed by atoms with Crippen LogP contribution < -0.4 is 15.2 Å². The first-order valence-corrected chi connectivity index (χ1v) is 6.21. The van der Waals surface area contributed by atoms with Crippen molar-refractivity contribution in [1.82, 2.24) is 0 Å². The van der Waals surface area contributed by atoms with Crippen molar-refractivity contribution in [3.8, 4) is 11.5 Å². The molecule has 1 aromatic carbocycles. The summed E-state index contributed by atoms with van der Waals surface area (Å²) in [6.07, 6.45) is 3.58. The van der Waals surface area contributed by atoms with Gasteiger partial charge in [-0.1, -0.05) is 6.08 Å². The highest BCUT2D eigenvalue weighted by Crippen LogP contribution is 2.36. The monoisotopic (exact) mass is 299 g/mol. The van der Waals surface area contributed by atoms with Gasteiger partial charge in [-0.05, 0) is 40.9 Å². The topological polar surface area (TPSA) is 44.5 Å². The van der Waals surface area contributed by atoms with E-state index in [2.05, 4.69) is 22.5 Å². The molecule has 0 bridgehead atoms. The summed E-state index contributed by atoms with van der Waals surface area (Å²) in [6, 6.07) is 3.71. The lowest BCUT2D eigenvalue weighted by atomic mass is 10.0. The molecule has 0 saturated heterocycles. The zero-order chi connectivity index (χ0) is 12.8. The summed E-state index contributed by atoms with van der Waals surface area (Å²) >= 11 is 3.42. The van der Waals surface area contributed by atoms with Gasteiger partial charge in [0.05, 0.1) is 18.7 Å². The normalized spacial score (nSPS) is 12.0. The summed E-state index contributed by atoms with van der Waals surface area (Å²) in [4.78, 5) is 0. The van der Waals surface area contributed by atoms with Crippen molar-refractivity contribution >= 4 is 15.9 Å². The molecular weight excluding hydrogens is 282 g/mol. The van der Waals surface area contributed by atoms with Gasteiger partial charge < -0.3 is 15.2 Å². The number of halogens is 1. The molecule has 94 valence electrons. The lowest BCUT2D eigenvalue weighted by Gasteiger charge is -2.17. The number of allylic oxidation sites excluding steroid dienone is 1. The standard InChI is InChI=1S/C13H18BrNO2/c1-4-5-6-11(15)9-7-13(17-3)10(14)8-12(9)16-2/h4,7-8,11H,1,5-6,15H2,2-3H3/t11-/m0/s1. The molecule has 17 heavy (non-hydrogen) atoms. The third kappa shape index (κ3) is 3.48. The Morgan fingerprint density at radius 3 is 2.53 bits per heavy atom. The largest absolute Gasteiger partial charge is 0.496 e. The van der Waals surface area contributed by atoms with Crippen LogP contribution >= 0.6 is 15.9 Å². The minimum Gasteiger partial charge on any atom is -0.496 e. The summed E-state index contributed by atoms with van der Waals surface area (Å²) in [7, 11) is 3.27. The summed E-state index contributed by atoms with van der Waals surface area (Å²) in [5.74, 6) is 1.53. The molecule has 0 aliphatic carbocycles. The summed E-state index contributed by atoms with van der Waals surface area (Å²) < 4.78 is 11.5. The highest BCUT2D eigenvalue weighted by Gasteiger charge is 2.15. The SMILES string of the molecule is C=CCC[C@H](N)c1cc(OC)c(Br)cc1OC. The van der Waals surface area contributed by atoms with E-state index in [1.165, 1.54) is 0 Å². The Hall–Kier alpha value is -1.00. The Bertz CT molecular complexity index is 393. The lowest BCUT2D eigenvalue weighted by molar-refractivity contribution is 0.392. The third-order valence-electron chi connectivity index (χ3n) is 2.59. The fraction of sp³-hybridized carbons (Fsp3) is 0.385. The van der Waals surface area contributed by atoms with Crippen molar-refractivity contribution in [2.75, 3.05) is 14.2 Å². The van der Waals surface area contributed by atoms with Crippen LogP contribution in [0.4, 0.5) is 0 Å². The fourth-order valence-electron chi connectivity index (χ4n) is 1.63. The molecule has 2 N–H and O–H groups in total. The van der Waals surface area contributed by atoms with E-state index >= 15 is 0 Å². The minimum atomic E-state index is -0.0788. The van der Waals surface area contributed by atoms with Gasteiger partial charge in [-0.2, -0.15) is 0 Å². The lowest BCUT2D eigenvalue weighted by Crippen LogP contribution is -2.11. The van der Waals surface area contributed by atoms with Crippen molar-refractivity contribution in [3.63, 3.8) is 0 Å². The first-order valence-electron chi connectivity index (χ1n) is 5.42. The van der Waals surface area contributed by atoms with Crippen molar-refractivity contribution in [2.24, 2.45) is 5.73 Å². The second-order valence-electron chi connectivity index (χ2n) is 3.70. The highest BCUT2D eigenvalue weighted by molar-refractivity contribution is 9.10. The Balaban J connectivity index is 3.06. The molecule has 4 heteroatoms. The maximum atomic E-state index is 6.13. The third-order valence-corrected chi connectivity index (χ3v) is 3.21. The molecule has 1 aromatic rings. The van der Waals surface area contributed by atoms with E-state index in [-0.39, 0.29) is 6.04 Å². The molecule has 3 nitrogen and oxygen atoms in total. The van der Waals surface area contributed by atoms with Crippen molar-refractivity contribution in [1.29, 1.82) is 0 Å². The average Bonchev–Trinajstić information content (AvgIpc) is 2.35. The molecule has 1 rings (SSSR count). The Morgan fingerprint density at radius 1 is 1.35 bits per heavy atom. The second-order valence-corrected chi connectivity index (χ2v) is 4.56. The molecule has 1 atom stereocenters. The molecule has 0 aromatic heterocycles. The number of methoxy groups -OCH3 is 2. The number of ether oxygens (including phenoxy) is 2. The zero-order valence-electron chi connectivity index (χ0n) is 10.2. The summed E-state index contributed by atoms with van der Waals surface area (Å²) in [5.41, 5.74) is 7.09. The molecule has 0 aliphatic rings. The molecule has 0 saturated carbocycles. The van der Waals surface area contributed by atoms with Crippen LogP contribution in [0.1, 0.15) is 24.4 Å². The second kappa shape index (κ2) is 6.67. The molecule has 0 heterocycles. The van der Waals surface area contributed by atoms with E-state index in [0.717, 1.165) is 34.4 Å². The first kappa shape index (κ1) is 14.1. The predicted molar refractivity (Wildman–Crippen MR) is 73.6 cm³/mol. The van der Waals surface area contributed by atoms with Crippen LogP contribution in [0.3, 0.4) is 0 Å². The quantitative estimate of drug-likeness (QED) is 0.819. The maximum absolute atomic E-state index is 6.13. The number of nitrogens with two attached hydrogens (primary N) is 1. The zero-order valence-corrected chi connectivity index (χ0v) is 11.8. The van der Waals surface area contributed by atoms with Gasteiger partial charge in [-0.15, -0.1) is 6.58 Å². The van der Waals surface area contributed by atoms with Crippen LogP contribution in [0.5, 0.6) is 11.5 Å². The van der Waals surface area contributed by atoms with Gasteiger partial charge in [0.25, 0.3) is 0 Å². The van der Waals surface area contributed by atoms with Gasteiger partial charge in [-0.25, -0.2) is 0 Å². The fourth-order valence-corrected chi connectivity index (χ4v) is 2.11. The molecule has 0 amide bonds. The van der Waals surface area contributed by atoms with Crippen LogP contribution in [-0.4, -0.2) is 14.2 Å². The Morgan fingerprint density at radius 2 is 2.00 bits per heavy atom. The molecular formula is C13H18BrNO2. The molecule has 0 aliphatic heterocycles. The van der Waals surface area contributed by atoms with Crippen molar-refractivity contribution in [2.45, 2.75) is 18.9 Å².